The van der Waals surface area contributed by atoms with Crippen molar-refractivity contribution in [3.05, 3.63) is 41.7 Å². The molecule has 0 aliphatic carbocycles. The highest BCUT2D eigenvalue weighted by molar-refractivity contribution is 7.09. The number of aromatic nitrogens is 2. The number of hydrogen-bond acceptors (Lipinski definition) is 6. The summed E-state index contributed by atoms with van der Waals surface area (Å²) in [7, 11) is 1.56. The van der Waals surface area contributed by atoms with Crippen molar-refractivity contribution >= 4 is 28.5 Å². The third-order valence-electron chi connectivity index (χ3n) is 2.63. The second kappa shape index (κ2) is 6.94. The highest BCUT2D eigenvalue weighted by Crippen LogP contribution is 2.17. The van der Waals surface area contributed by atoms with E-state index in [1.165, 1.54) is 11.8 Å². The molecule has 1 aromatic heterocycles. The molecule has 7 heteroatoms. The van der Waals surface area contributed by atoms with Crippen molar-refractivity contribution in [1.82, 2.24) is 9.36 Å². The summed E-state index contributed by atoms with van der Waals surface area (Å²) in [6.45, 7) is 1.67. The molecule has 0 aliphatic heterocycles. The van der Waals surface area contributed by atoms with Crippen LogP contribution in [0.2, 0.25) is 0 Å². The fourth-order valence-electron chi connectivity index (χ4n) is 1.57. The molecule has 1 amide bonds. The molecule has 0 unspecified atom stereocenters. The van der Waals surface area contributed by atoms with Gasteiger partial charge in [-0.05, 0) is 12.5 Å². The third kappa shape index (κ3) is 4.35. The monoisotopic (exact) mass is 305 g/mol. The minimum absolute atomic E-state index is 0.0198. The van der Waals surface area contributed by atoms with Crippen LogP contribution in [0, 0.1) is 0 Å². The van der Waals surface area contributed by atoms with E-state index in [0.717, 1.165) is 17.1 Å². The molecule has 0 saturated heterocycles. The van der Waals surface area contributed by atoms with Crippen LogP contribution >= 0.6 is 11.5 Å². The molecular formula is C14H15N3O3S. The number of rotatable bonds is 5. The van der Waals surface area contributed by atoms with Crippen LogP contribution in [-0.4, -0.2) is 28.3 Å². The van der Waals surface area contributed by atoms with Crippen molar-refractivity contribution in [1.29, 1.82) is 0 Å². The van der Waals surface area contributed by atoms with Crippen molar-refractivity contribution < 1.29 is 14.3 Å². The van der Waals surface area contributed by atoms with E-state index in [1.807, 2.05) is 30.3 Å². The van der Waals surface area contributed by atoms with Gasteiger partial charge >= 0.3 is 6.09 Å². The lowest BCUT2D eigenvalue weighted by atomic mass is 10.2. The SMILES string of the molecule is CC(=O)Cc1nsc(N(C)C(=O)OCc2ccccc2)n1. The molecule has 2 aromatic rings. The van der Waals surface area contributed by atoms with Gasteiger partial charge in [0.2, 0.25) is 5.13 Å². The van der Waals surface area contributed by atoms with Crippen LogP contribution in [0.3, 0.4) is 0 Å². The van der Waals surface area contributed by atoms with Crippen molar-refractivity contribution in [2.75, 3.05) is 11.9 Å². The normalized spacial score (nSPS) is 10.2. The predicted molar refractivity (Wildman–Crippen MR) is 79.3 cm³/mol. The highest BCUT2D eigenvalue weighted by atomic mass is 32.1. The van der Waals surface area contributed by atoms with Gasteiger partial charge in [0.05, 0.1) is 6.42 Å². The first-order valence-corrected chi connectivity index (χ1v) is 7.10. The van der Waals surface area contributed by atoms with E-state index in [1.54, 1.807) is 7.05 Å². The minimum atomic E-state index is -0.510. The van der Waals surface area contributed by atoms with Gasteiger partial charge in [-0.1, -0.05) is 30.3 Å². The lowest BCUT2D eigenvalue weighted by molar-refractivity contribution is -0.116. The molecule has 1 aromatic carbocycles. The van der Waals surface area contributed by atoms with Gasteiger partial charge in [0.25, 0.3) is 0 Å². The molecule has 0 saturated carbocycles. The van der Waals surface area contributed by atoms with Crippen molar-refractivity contribution in [2.45, 2.75) is 20.0 Å². The van der Waals surface area contributed by atoms with E-state index >= 15 is 0 Å². The number of nitrogens with zero attached hydrogens (tertiary/aromatic N) is 3. The van der Waals surface area contributed by atoms with Crippen LogP contribution in [0.1, 0.15) is 18.3 Å². The molecule has 21 heavy (non-hydrogen) atoms. The van der Waals surface area contributed by atoms with E-state index < -0.39 is 6.09 Å². The Labute approximate surface area is 126 Å². The third-order valence-corrected chi connectivity index (χ3v) is 3.46. The lowest BCUT2D eigenvalue weighted by Crippen LogP contribution is -2.26. The summed E-state index contributed by atoms with van der Waals surface area (Å²) in [6.07, 6.45) is -0.340. The summed E-state index contributed by atoms with van der Waals surface area (Å²) < 4.78 is 9.23. The summed E-state index contributed by atoms with van der Waals surface area (Å²) in [6, 6.07) is 9.42. The number of benzene rings is 1. The molecule has 0 spiro atoms. The van der Waals surface area contributed by atoms with Crippen molar-refractivity contribution in [2.24, 2.45) is 0 Å². The first-order chi connectivity index (χ1) is 10.1. The van der Waals surface area contributed by atoms with Gasteiger partial charge < -0.3 is 4.74 Å². The summed E-state index contributed by atoms with van der Waals surface area (Å²) in [5.41, 5.74) is 0.911. The Morgan fingerprint density at radius 1 is 1.29 bits per heavy atom. The smallest absolute Gasteiger partial charge is 0.416 e. The molecule has 110 valence electrons. The number of hydrogen-bond donors (Lipinski definition) is 0. The first-order valence-electron chi connectivity index (χ1n) is 6.32. The van der Waals surface area contributed by atoms with E-state index in [4.69, 9.17) is 4.74 Å². The number of Topliss-reactive ketones (excluding diaryl/α,β-unsaturated/α-hetero) is 1. The van der Waals surface area contributed by atoms with E-state index in [2.05, 4.69) is 9.36 Å². The maximum Gasteiger partial charge on any atom is 0.416 e. The molecule has 0 fully saturated rings. The van der Waals surface area contributed by atoms with Gasteiger partial charge in [-0.15, -0.1) is 0 Å². The molecule has 0 N–H and O–H groups in total. The lowest BCUT2D eigenvalue weighted by Gasteiger charge is -2.13. The molecule has 0 atom stereocenters. The molecule has 6 nitrogen and oxygen atoms in total. The van der Waals surface area contributed by atoms with Crippen molar-refractivity contribution in [3.8, 4) is 0 Å². The fourth-order valence-corrected chi connectivity index (χ4v) is 2.21. The summed E-state index contributed by atoms with van der Waals surface area (Å²) in [5, 5.41) is 0.407. The second-order valence-electron chi connectivity index (χ2n) is 4.47. The number of carbonyl (C=O) groups excluding carboxylic acids is 2. The number of ether oxygens (including phenoxy) is 1. The van der Waals surface area contributed by atoms with Gasteiger partial charge in [0.1, 0.15) is 12.4 Å². The average molecular weight is 305 g/mol. The zero-order valence-corrected chi connectivity index (χ0v) is 12.6. The predicted octanol–water partition coefficient (Wildman–Crippen LogP) is 2.44. The number of anilines is 1. The van der Waals surface area contributed by atoms with Crippen LogP contribution in [0.4, 0.5) is 9.93 Å². The van der Waals surface area contributed by atoms with Crippen molar-refractivity contribution in [3.63, 3.8) is 0 Å². The van der Waals surface area contributed by atoms with Crippen LogP contribution < -0.4 is 4.90 Å². The van der Waals surface area contributed by atoms with E-state index in [0.29, 0.717) is 11.0 Å². The van der Waals surface area contributed by atoms with Crippen LogP contribution in [0.25, 0.3) is 0 Å². The maximum absolute atomic E-state index is 11.9. The molecular weight excluding hydrogens is 290 g/mol. The fraction of sp³-hybridized carbons (Fsp3) is 0.286. The Balaban J connectivity index is 1.92. The average Bonchev–Trinajstić information content (AvgIpc) is 2.92. The van der Waals surface area contributed by atoms with Gasteiger partial charge in [-0.25, -0.2) is 9.78 Å². The zero-order chi connectivity index (χ0) is 15.2. The minimum Gasteiger partial charge on any atom is -0.444 e. The van der Waals surface area contributed by atoms with Gasteiger partial charge in [0, 0.05) is 18.6 Å². The molecule has 2 rings (SSSR count). The Bertz CT molecular complexity index is 627. The Hall–Kier alpha value is -2.28. The van der Waals surface area contributed by atoms with Crippen LogP contribution in [-0.2, 0) is 22.6 Å². The number of carbonyl (C=O) groups is 2. The first kappa shape index (κ1) is 15.1. The molecule has 0 aliphatic rings. The Morgan fingerprint density at radius 3 is 2.67 bits per heavy atom. The second-order valence-corrected chi connectivity index (χ2v) is 5.20. The standard InChI is InChI=1S/C14H15N3O3S/c1-10(18)8-12-15-13(21-16-12)17(2)14(19)20-9-11-6-4-3-5-7-11/h3-7H,8-9H2,1-2H3. The van der Waals surface area contributed by atoms with Crippen LogP contribution in [0.15, 0.2) is 30.3 Å². The summed E-state index contributed by atoms with van der Waals surface area (Å²) >= 11 is 1.06. The summed E-state index contributed by atoms with van der Waals surface area (Å²) in [5.74, 6) is 0.402. The van der Waals surface area contributed by atoms with Crippen LogP contribution in [0.5, 0.6) is 0 Å². The highest BCUT2D eigenvalue weighted by Gasteiger charge is 2.17. The maximum atomic E-state index is 11.9. The molecule has 1 heterocycles. The number of ketones is 1. The van der Waals surface area contributed by atoms with E-state index in [9.17, 15) is 9.59 Å². The van der Waals surface area contributed by atoms with Gasteiger partial charge in [0.15, 0.2) is 5.82 Å². The quantitative estimate of drug-likeness (QED) is 0.848. The number of amides is 1. The van der Waals surface area contributed by atoms with Gasteiger partial charge in [-0.2, -0.15) is 4.37 Å². The largest absolute Gasteiger partial charge is 0.444 e. The van der Waals surface area contributed by atoms with E-state index in [-0.39, 0.29) is 18.8 Å². The molecule has 0 bridgehead atoms. The molecule has 0 radical (unpaired) electrons. The Morgan fingerprint density at radius 2 is 2.00 bits per heavy atom. The summed E-state index contributed by atoms with van der Waals surface area (Å²) in [4.78, 5) is 28.3. The topological polar surface area (TPSA) is 72.4 Å². The van der Waals surface area contributed by atoms with Gasteiger partial charge in [-0.3, -0.25) is 9.69 Å². The Kier molecular flexibility index (Phi) is 4.99. The zero-order valence-electron chi connectivity index (χ0n) is 11.8.